The van der Waals surface area contributed by atoms with Gasteiger partial charge < -0.3 is 4.43 Å². The van der Waals surface area contributed by atoms with E-state index >= 15 is 0 Å². The van der Waals surface area contributed by atoms with Crippen molar-refractivity contribution >= 4 is 9.76 Å². The van der Waals surface area contributed by atoms with Gasteiger partial charge in [-0.3, -0.25) is 0 Å². The lowest BCUT2D eigenvalue weighted by Crippen LogP contribution is -2.04. The number of hydrogen-bond acceptors (Lipinski definition) is 1. The van der Waals surface area contributed by atoms with Crippen molar-refractivity contribution in [2.45, 2.75) is 45.6 Å². The van der Waals surface area contributed by atoms with Gasteiger partial charge in [-0.2, -0.15) is 0 Å². The second-order valence-corrected chi connectivity index (χ2v) is 4.76. The molecule has 0 aromatic carbocycles. The van der Waals surface area contributed by atoms with Crippen LogP contribution in [0.2, 0.25) is 6.04 Å². The zero-order valence-electron chi connectivity index (χ0n) is 8.23. The smallest absolute Gasteiger partial charge is 0.161 e. The third kappa shape index (κ3) is 6.57. The van der Waals surface area contributed by atoms with Crippen molar-refractivity contribution in [3.63, 3.8) is 0 Å². The standard InChI is InChI=1S/C9H22OSi/c1-4-6-7-9(5-2)8-11-10-3/h9H,4-8,11H2,1-3H3. The fourth-order valence-corrected chi connectivity index (χ4v) is 2.60. The van der Waals surface area contributed by atoms with Crippen molar-refractivity contribution in [1.29, 1.82) is 0 Å². The lowest BCUT2D eigenvalue weighted by molar-refractivity contribution is 0.415. The summed E-state index contributed by atoms with van der Waals surface area (Å²) in [5.41, 5.74) is 0. The number of unbranched alkanes of at least 4 members (excludes halogenated alkanes) is 1. The summed E-state index contributed by atoms with van der Waals surface area (Å²) in [6, 6.07) is 1.38. The normalized spacial score (nSPS) is 14.5. The lowest BCUT2D eigenvalue weighted by Gasteiger charge is -2.12. The highest BCUT2D eigenvalue weighted by Crippen LogP contribution is 2.16. The summed E-state index contributed by atoms with van der Waals surface area (Å²) in [6.45, 7) is 4.56. The Bertz CT molecular complexity index is 68.0. The molecule has 0 amide bonds. The summed E-state index contributed by atoms with van der Waals surface area (Å²) in [7, 11) is 1.68. The molecule has 1 atom stereocenters. The molecule has 1 nitrogen and oxygen atoms in total. The van der Waals surface area contributed by atoms with Gasteiger partial charge in [0.05, 0.1) is 0 Å². The summed E-state index contributed by atoms with van der Waals surface area (Å²) in [4.78, 5) is 0. The first-order valence-electron chi connectivity index (χ1n) is 4.84. The average Bonchev–Trinajstić information content (AvgIpc) is 2.05. The highest BCUT2D eigenvalue weighted by molar-refractivity contribution is 6.27. The van der Waals surface area contributed by atoms with Crippen molar-refractivity contribution in [1.82, 2.24) is 0 Å². The minimum absolute atomic E-state index is 0.165. The first-order valence-corrected chi connectivity index (χ1v) is 6.41. The van der Waals surface area contributed by atoms with E-state index in [0.29, 0.717) is 0 Å². The summed E-state index contributed by atoms with van der Waals surface area (Å²) >= 11 is 0. The van der Waals surface area contributed by atoms with E-state index in [-0.39, 0.29) is 9.76 Å². The van der Waals surface area contributed by atoms with Gasteiger partial charge >= 0.3 is 0 Å². The third-order valence-electron chi connectivity index (χ3n) is 2.27. The SMILES string of the molecule is CCCCC(CC)C[SiH2]OC. The zero-order valence-corrected chi connectivity index (χ0v) is 9.64. The van der Waals surface area contributed by atoms with Crippen LogP contribution in [0.3, 0.4) is 0 Å². The molecule has 0 saturated heterocycles. The number of hydrogen-bond donors (Lipinski definition) is 0. The quantitative estimate of drug-likeness (QED) is 0.538. The molecular formula is C9H22OSi. The van der Waals surface area contributed by atoms with E-state index in [4.69, 9.17) is 4.43 Å². The van der Waals surface area contributed by atoms with Crippen LogP contribution in [-0.4, -0.2) is 16.9 Å². The molecule has 0 aromatic heterocycles. The fraction of sp³-hybridized carbons (Fsp3) is 1.00. The van der Waals surface area contributed by atoms with Gasteiger partial charge in [0.2, 0.25) is 0 Å². The van der Waals surface area contributed by atoms with Gasteiger partial charge in [-0.1, -0.05) is 39.5 Å². The molecule has 11 heavy (non-hydrogen) atoms. The van der Waals surface area contributed by atoms with E-state index in [2.05, 4.69) is 13.8 Å². The summed E-state index contributed by atoms with van der Waals surface area (Å²) < 4.78 is 5.19. The maximum absolute atomic E-state index is 5.19. The van der Waals surface area contributed by atoms with Gasteiger partial charge in [0.15, 0.2) is 9.76 Å². The van der Waals surface area contributed by atoms with Crippen molar-refractivity contribution < 1.29 is 4.43 Å². The molecule has 0 fully saturated rings. The Balaban J connectivity index is 3.25. The maximum atomic E-state index is 5.19. The molecule has 1 unspecified atom stereocenters. The fourth-order valence-electron chi connectivity index (χ4n) is 1.33. The Morgan fingerprint density at radius 2 is 2.09 bits per heavy atom. The summed E-state index contributed by atoms with van der Waals surface area (Å²) in [6.07, 6.45) is 5.50. The minimum atomic E-state index is -0.165. The number of rotatable bonds is 7. The molecule has 0 N–H and O–H groups in total. The highest BCUT2D eigenvalue weighted by Gasteiger charge is 2.04. The molecule has 0 saturated carbocycles. The van der Waals surface area contributed by atoms with Crippen LogP contribution in [0.5, 0.6) is 0 Å². The molecular weight excluding hydrogens is 152 g/mol. The van der Waals surface area contributed by atoms with Crippen molar-refractivity contribution in [3.8, 4) is 0 Å². The molecule has 0 aromatic rings. The lowest BCUT2D eigenvalue weighted by atomic mass is 10.0. The zero-order chi connectivity index (χ0) is 8.53. The van der Waals surface area contributed by atoms with Crippen molar-refractivity contribution in [3.05, 3.63) is 0 Å². The van der Waals surface area contributed by atoms with Crippen LogP contribution in [0.25, 0.3) is 0 Å². The first-order chi connectivity index (χ1) is 5.35. The molecule has 0 rings (SSSR count). The van der Waals surface area contributed by atoms with E-state index in [1.807, 2.05) is 7.11 Å². The second kappa shape index (κ2) is 8.28. The first kappa shape index (κ1) is 11.2. The second-order valence-electron chi connectivity index (χ2n) is 3.20. The monoisotopic (exact) mass is 174 g/mol. The van der Waals surface area contributed by atoms with Crippen LogP contribution in [0.1, 0.15) is 39.5 Å². The van der Waals surface area contributed by atoms with Crippen LogP contribution < -0.4 is 0 Å². The van der Waals surface area contributed by atoms with E-state index in [0.717, 1.165) is 5.92 Å². The van der Waals surface area contributed by atoms with Gasteiger partial charge in [0, 0.05) is 7.11 Å². The molecule has 0 aliphatic carbocycles. The van der Waals surface area contributed by atoms with Gasteiger partial charge in [0.1, 0.15) is 0 Å². The Labute approximate surface area is 73.5 Å². The van der Waals surface area contributed by atoms with Crippen LogP contribution in [-0.2, 0) is 4.43 Å². The Morgan fingerprint density at radius 3 is 2.55 bits per heavy atom. The van der Waals surface area contributed by atoms with E-state index in [1.165, 1.54) is 31.7 Å². The molecule has 0 heterocycles. The molecule has 0 aliphatic heterocycles. The average molecular weight is 174 g/mol. The highest BCUT2D eigenvalue weighted by atomic mass is 28.2. The molecule has 68 valence electrons. The largest absolute Gasteiger partial charge is 0.427 e. The van der Waals surface area contributed by atoms with Crippen LogP contribution >= 0.6 is 0 Å². The van der Waals surface area contributed by atoms with Gasteiger partial charge in [-0.15, -0.1) is 0 Å². The Morgan fingerprint density at radius 1 is 1.36 bits per heavy atom. The van der Waals surface area contributed by atoms with E-state index in [9.17, 15) is 0 Å². The minimum Gasteiger partial charge on any atom is -0.427 e. The maximum Gasteiger partial charge on any atom is 0.161 e. The predicted octanol–water partition coefficient (Wildman–Crippen LogP) is 2.35. The molecule has 2 heteroatoms. The Hall–Kier alpha value is 0.177. The summed E-state index contributed by atoms with van der Waals surface area (Å²) in [5.74, 6) is 0.960. The third-order valence-corrected chi connectivity index (χ3v) is 3.73. The predicted molar refractivity (Wildman–Crippen MR) is 53.7 cm³/mol. The van der Waals surface area contributed by atoms with E-state index < -0.39 is 0 Å². The van der Waals surface area contributed by atoms with Crippen molar-refractivity contribution in [2.75, 3.05) is 7.11 Å². The van der Waals surface area contributed by atoms with Gasteiger partial charge in [-0.05, 0) is 12.0 Å². The van der Waals surface area contributed by atoms with Crippen LogP contribution in [0.4, 0.5) is 0 Å². The van der Waals surface area contributed by atoms with Crippen LogP contribution in [0, 0.1) is 5.92 Å². The topological polar surface area (TPSA) is 9.23 Å². The van der Waals surface area contributed by atoms with Gasteiger partial charge in [-0.25, -0.2) is 0 Å². The van der Waals surface area contributed by atoms with Gasteiger partial charge in [0.25, 0.3) is 0 Å². The van der Waals surface area contributed by atoms with Crippen molar-refractivity contribution in [2.24, 2.45) is 5.92 Å². The molecule has 0 spiro atoms. The molecule has 0 aliphatic rings. The Kier molecular flexibility index (Phi) is 8.41. The van der Waals surface area contributed by atoms with Crippen LogP contribution in [0.15, 0.2) is 0 Å². The van der Waals surface area contributed by atoms with E-state index in [1.54, 1.807) is 0 Å². The molecule has 0 bridgehead atoms. The summed E-state index contributed by atoms with van der Waals surface area (Å²) in [5, 5.41) is 0. The molecule has 0 radical (unpaired) electrons.